The first-order valence-corrected chi connectivity index (χ1v) is 7.28. The van der Waals surface area contributed by atoms with Crippen molar-refractivity contribution >= 4 is 23.7 Å². The van der Waals surface area contributed by atoms with E-state index >= 15 is 0 Å². The molecule has 0 aliphatic rings. The van der Waals surface area contributed by atoms with Crippen molar-refractivity contribution < 1.29 is 13.9 Å². The Hall–Kier alpha value is -1.29. The first-order chi connectivity index (χ1) is 9.45. The summed E-state index contributed by atoms with van der Waals surface area (Å²) in [6.45, 7) is 7.36. The Morgan fingerprint density at radius 1 is 1.15 bits per heavy atom. The zero-order valence-corrected chi connectivity index (χ0v) is 13.1. The van der Waals surface area contributed by atoms with Crippen molar-refractivity contribution in [3.63, 3.8) is 0 Å². The highest BCUT2D eigenvalue weighted by atomic mass is 35.5. The van der Waals surface area contributed by atoms with Crippen molar-refractivity contribution in [2.75, 3.05) is 0 Å². The molecule has 0 spiro atoms. The fourth-order valence-electron chi connectivity index (χ4n) is 1.98. The van der Waals surface area contributed by atoms with Gasteiger partial charge >= 0.3 is 5.97 Å². The van der Waals surface area contributed by atoms with Gasteiger partial charge in [-0.05, 0) is 25.3 Å². The molecule has 0 aromatic heterocycles. The molecule has 0 aromatic rings. The molecule has 0 rings (SSSR count). The van der Waals surface area contributed by atoms with Gasteiger partial charge in [0.25, 0.3) is 0 Å². The fraction of sp³-hybridized carbons (Fsp3) is 0.600. The van der Waals surface area contributed by atoms with Gasteiger partial charge in [0.15, 0.2) is 0 Å². The normalized spacial score (nSPS) is 11.8. The van der Waals surface area contributed by atoms with Crippen LogP contribution in [0.3, 0.4) is 0 Å². The summed E-state index contributed by atoms with van der Waals surface area (Å²) in [4.78, 5) is 22.7. The van der Waals surface area contributed by atoms with Crippen LogP contribution in [0.2, 0.25) is 0 Å². The van der Waals surface area contributed by atoms with Gasteiger partial charge in [0.2, 0.25) is 5.91 Å². The molecule has 0 aliphatic carbocycles. The Morgan fingerprint density at radius 2 is 1.70 bits per heavy atom. The maximum absolute atomic E-state index is 11.4. The maximum Gasteiger partial charge on any atom is 0.352 e. The molecule has 0 heterocycles. The predicted molar refractivity (Wildman–Crippen MR) is 81.0 cm³/mol. The second-order valence-electron chi connectivity index (χ2n) is 4.83. The average molecular weight is 302 g/mol. The third-order valence-corrected chi connectivity index (χ3v) is 3.41. The summed E-state index contributed by atoms with van der Waals surface area (Å²) in [5.41, 5.74) is 6.21. The number of nitrogens with two attached hydrogens (primary N) is 1. The molecule has 0 fully saturated rings. The largest absolute Gasteiger partial charge is 0.366 e. The second-order valence-corrected chi connectivity index (χ2v) is 4.98. The van der Waals surface area contributed by atoms with Crippen LogP contribution in [0.25, 0.3) is 0 Å². The summed E-state index contributed by atoms with van der Waals surface area (Å²) < 4.78 is 4.16. The summed E-state index contributed by atoms with van der Waals surface area (Å²) in [6.07, 6.45) is 7.26. The molecule has 0 radical (unpaired) electrons. The third kappa shape index (κ3) is 6.75. The number of carbonyl (C=O) groups excluding carboxylic acids is 2. The van der Waals surface area contributed by atoms with Crippen LogP contribution in [0, 0.1) is 0 Å². The summed E-state index contributed by atoms with van der Waals surface area (Å²) >= 11 is 5.06. The van der Waals surface area contributed by atoms with Gasteiger partial charge in [-0.2, -0.15) is 0 Å². The standard InChI is InChI=1S/C15H24ClNO3/c1-4-5-6-7-8-9-10-13(11(2)14(17)18)12(3)15(19)20-16/h2,4-10H2,1,3H3,(H2,17,18)/b13-12-. The Labute approximate surface area is 126 Å². The molecule has 0 unspecified atom stereocenters. The predicted octanol–water partition coefficient (Wildman–Crippen LogP) is 3.79. The molecule has 4 nitrogen and oxygen atoms in total. The summed E-state index contributed by atoms with van der Waals surface area (Å²) in [6, 6.07) is 0. The Bertz CT molecular complexity index is 389. The van der Waals surface area contributed by atoms with Gasteiger partial charge in [0.1, 0.15) is 11.9 Å². The van der Waals surface area contributed by atoms with Crippen LogP contribution in [-0.2, 0) is 13.9 Å². The SMILES string of the molecule is C=C(C(N)=O)/C(CCCCCCCC)=C(/C)C(=O)OCl. The van der Waals surface area contributed by atoms with E-state index in [2.05, 4.69) is 17.8 Å². The lowest BCUT2D eigenvalue weighted by Crippen LogP contribution is -2.17. The number of rotatable bonds is 10. The van der Waals surface area contributed by atoms with E-state index in [1.807, 2.05) is 0 Å². The first kappa shape index (κ1) is 18.7. The van der Waals surface area contributed by atoms with E-state index in [0.717, 1.165) is 19.3 Å². The van der Waals surface area contributed by atoms with E-state index in [1.54, 1.807) is 6.92 Å². The molecule has 1 amide bonds. The van der Waals surface area contributed by atoms with E-state index in [0.29, 0.717) is 12.0 Å². The molecule has 0 aliphatic heterocycles. The van der Waals surface area contributed by atoms with E-state index in [9.17, 15) is 9.59 Å². The molecule has 2 N–H and O–H groups in total. The van der Waals surface area contributed by atoms with Crippen LogP contribution < -0.4 is 5.73 Å². The summed E-state index contributed by atoms with van der Waals surface area (Å²) in [5.74, 6) is -1.30. The van der Waals surface area contributed by atoms with Gasteiger partial charge in [-0.15, -0.1) is 0 Å². The van der Waals surface area contributed by atoms with E-state index in [1.165, 1.54) is 19.3 Å². The van der Waals surface area contributed by atoms with Crippen molar-refractivity contribution in [2.24, 2.45) is 5.73 Å². The van der Waals surface area contributed by atoms with Gasteiger partial charge in [0, 0.05) is 11.1 Å². The van der Waals surface area contributed by atoms with Crippen molar-refractivity contribution in [2.45, 2.75) is 58.8 Å². The molecule has 0 bridgehead atoms. The average Bonchev–Trinajstić information content (AvgIpc) is 2.44. The van der Waals surface area contributed by atoms with Crippen molar-refractivity contribution in [1.29, 1.82) is 0 Å². The monoisotopic (exact) mass is 301 g/mol. The molecule has 0 saturated carbocycles. The highest BCUT2D eigenvalue weighted by Gasteiger charge is 2.17. The molecule has 0 aromatic carbocycles. The van der Waals surface area contributed by atoms with Crippen molar-refractivity contribution in [3.8, 4) is 0 Å². The van der Waals surface area contributed by atoms with Gasteiger partial charge in [0.05, 0.1) is 0 Å². The highest BCUT2D eigenvalue weighted by Crippen LogP contribution is 2.22. The smallest absolute Gasteiger partial charge is 0.352 e. The van der Waals surface area contributed by atoms with Crippen LogP contribution in [-0.4, -0.2) is 11.9 Å². The Balaban J connectivity index is 4.61. The summed E-state index contributed by atoms with van der Waals surface area (Å²) in [7, 11) is 0. The van der Waals surface area contributed by atoms with Crippen molar-refractivity contribution in [3.05, 3.63) is 23.3 Å². The third-order valence-electron chi connectivity index (χ3n) is 3.27. The minimum absolute atomic E-state index is 0.151. The maximum atomic E-state index is 11.4. The number of hydrogen-bond acceptors (Lipinski definition) is 3. The second kappa shape index (κ2) is 10.5. The zero-order valence-electron chi connectivity index (χ0n) is 12.3. The number of primary amides is 1. The molecule has 0 atom stereocenters. The lowest BCUT2D eigenvalue weighted by atomic mass is 9.95. The van der Waals surface area contributed by atoms with Gasteiger partial charge in [-0.3, -0.25) is 4.79 Å². The van der Waals surface area contributed by atoms with Crippen LogP contribution in [0.15, 0.2) is 23.3 Å². The highest BCUT2D eigenvalue weighted by molar-refractivity contribution is 6.16. The van der Waals surface area contributed by atoms with Gasteiger partial charge < -0.3 is 10.0 Å². The lowest BCUT2D eigenvalue weighted by Gasteiger charge is -2.11. The van der Waals surface area contributed by atoms with Gasteiger partial charge in [-0.1, -0.05) is 45.6 Å². The number of halogens is 1. The number of carbonyl (C=O) groups is 2. The Morgan fingerprint density at radius 3 is 2.20 bits per heavy atom. The first-order valence-electron chi connectivity index (χ1n) is 6.97. The molecular weight excluding hydrogens is 278 g/mol. The molecule has 20 heavy (non-hydrogen) atoms. The molecule has 114 valence electrons. The minimum Gasteiger partial charge on any atom is -0.366 e. The fourth-order valence-corrected chi connectivity index (χ4v) is 2.09. The van der Waals surface area contributed by atoms with E-state index in [-0.39, 0.29) is 11.1 Å². The van der Waals surface area contributed by atoms with Gasteiger partial charge in [-0.25, -0.2) is 4.79 Å². The van der Waals surface area contributed by atoms with Crippen molar-refractivity contribution in [1.82, 2.24) is 0 Å². The van der Waals surface area contributed by atoms with E-state index in [4.69, 9.17) is 17.6 Å². The van der Waals surface area contributed by atoms with Crippen LogP contribution >= 0.6 is 11.9 Å². The molecular formula is C15H24ClNO3. The van der Waals surface area contributed by atoms with Crippen LogP contribution in [0.5, 0.6) is 0 Å². The zero-order chi connectivity index (χ0) is 15.5. The summed E-state index contributed by atoms with van der Waals surface area (Å²) in [5, 5.41) is 0. The molecule has 0 saturated heterocycles. The quantitative estimate of drug-likeness (QED) is 0.379. The Kier molecular flexibility index (Phi) is 9.82. The topological polar surface area (TPSA) is 69.4 Å². The molecule has 5 heteroatoms. The number of amides is 1. The minimum atomic E-state index is -0.671. The lowest BCUT2D eigenvalue weighted by molar-refractivity contribution is -0.129. The number of unbranched alkanes of at least 4 members (excludes halogenated alkanes) is 5. The van der Waals surface area contributed by atoms with Crippen LogP contribution in [0.4, 0.5) is 0 Å². The van der Waals surface area contributed by atoms with E-state index < -0.39 is 11.9 Å². The van der Waals surface area contributed by atoms with Crippen LogP contribution in [0.1, 0.15) is 58.8 Å². The number of hydrogen-bond donors (Lipinski definition) is 1.